The van der Waals surface area contributed by atoms with Gasteiger partial charge in [0, 0.05) is 0 Å². The summed E-state index contributed by atoms with van der Waals surface area (Å²) in [6, 6.07) is 10.7. The molecule has 1 aromatic carbocycles. The highest BCUT2D eigenvalue weighted by Gasteiger charge is 2.09. The summed E-state index contributed by atoms with van der Waals surface area (Å²) >= 11 is 0. The van der Waals surface area contributed by atoms with Crippen molar-refractivity contribution in [1.29, 1.82) is 0 Å². The molecule has 0 bridgehead atoms. The maximum Gasteiger partial charge on any atom is -0.0166 e. The van der Waals surface area contributed by atoms with Crippen LogP contribution >= 0.6 is 8.58 Å². The van der Waals surface area contributed by atoms with Crippen molar-refractivity contribution in [3.63, 3.8) is 0 Å². The Balaban J connectivity index is 2.66. The van der Waals surface area contributed by atoms with Gasteiger partial charge in [0.05, 0.1) is 0 Å². The average molecular weight is 166 g/mol. The highest BCUT2D eigenvalue weighted by molar-refractivity contribution is 7.48. The van der Waals surface area contributed by atoms with Gasteiger partial charge < -0.3 is 0 Å². The predicted octanol–water partition coefficient (Wildman–Crippen LogP) is 2.79. The van der Waals surface area contributed by atoms with Gasteiger partial charge in [0.1, 0.15) is 0 Å². The molecule has 1 aromatic rings. The van der Waals surface area contributed by atoms with Crippen molar-refractivity contribution in [3.8, 4) is 0 Å². The van der Waals surface area contributed by atoms with Crippen LogP contribution in [0.15, 0.2) is 30.3 Å². The third-order valence-corrected chi connectivity index (χ3v) is 2.67. The molecule has 0 nitrogen and oxygen atoms in total. The molecular weight excluding hydrogens is 151 g/mol. The van der Waals surface area contributed by atoms with E-state index in [9.17, 15) is 0 Å². The molecule has 0 saturated carbocycles. The van der Waals surface area contributed by atoms with Gasteiger partial charge in [0.2, 0.25) is 0 Å². The third kappa shape index (κ3) is 3.53. The zero-order chi connectivity index (χ0) is 8.32. The van der Waals surface area contributed by atoms with Crippen LogP contribution in [0.2, 0.25) is 0 Å². The maximum atomic E-state index is 2.28. The summed E-state index contributed by atoms with van der Waals surface area (Å²) in [6.07, 6.45) is 0. The molecule has 0 fully saturated rings. The third-order valence-electron chi connectivity index (χ3n) is 1.29. The van der Waals surface area contributed by atoms with Crippen molar-refractivity contribution in [2.75, 3.05) is 0 Å². The highest BCUT2D eigenvalue weighted by atomic mass is 31.1. The van der Waals surface area contributed by atoms with Crippen molar-refractivity contribution >= 4 is 13.9 Å². The van der Waals surface area contributed by atoms with E-state index in [0.717, 1.165) is 8.58 Å². The first-order valence-corrected chi connectivity index (χ1v) is 4.91. The Kier molecular flexibility index (Phi) is 2.67. The highest BCUT2D eigenvalue weighted by Crippen LogP contribution is 2.28. The average Bonchev–Trinajstić information content (AvgIpc) is 1.85. The molecule has 0 aromatic heterocycles. The molecule has 0 aliphatic heterocycles. The smallest absolute Gasteiger partial charge is 0.0166 e. The number of benzene rings is 1. The fourth-order valence-electron chi connectivity index (χ4n) is 0.954. The lowest BCUT2D eigenvalue weighted by Crippen LogP contribution is -2.10. The summed E-state index contributed by atoms with van der Waals surface area (Å²) in [5.74, 6) is 0. The van der Waals surface area contributed by atoms with Gasteiger partial charge >= 0.3 is 0 Å². The van der Waals surface area contributed by atoms with Gasteiger partial charge in [-0.15, -0.1) is 0 Å². The largest absolute Gasteiger partial charge is 0.0849 e. The maximum absolute atomic E-state index is 2.28. The van der Waals surface area contributed by atoms with Crippen molar-refractivity contribution < 1.29 is 0 Å². The molecule has 1 heteroatoms. The summed E-state index contributed by atoms with van der Waals surface area (Å²) in [5.41, 5.74) is 0. The second kappa shape index (κ2) is 3.36. The quantitative estimate of drug-likeness (QED) is 0.563. The number of hydrogen-bond donors (Lipinski definition) is 0. The minimum Gasteiger partial charge on any atom is -0.0849 e. The van der Waals surface area contributed by atoms with Gasteiger partial charge in [-0.3, -0.25) is 0 Å². The molecule has 1 unspecified atom stereocenters. The zero-order valence-corrected chi connectivity index (χ0v) is 8.39. The second-order valence-electron chi connectivity index (χ2n) is 3.74. The molecule has 0 radical (unpaired) electrons. The Morgan fingerprint density at radius 3 is 2.00 bits per heavy atom. The topological polar surface area (TPSA) is 0 Å². The van der Waals surface area contributed by atoms with Crippen LogP contribution in [0.3, 0.4) is 0 Å². The first kappa shape index (κ1) is 8.74. The number of hydrogen-bond acceptors (Lipinski definition) is 0. The molecule has 0 amide bonds. The van der Waals surface area contributed by atoms with Crippen LogP contribution in [0, 0.1) is 0 Å². The van der Waals surface area contributed by atoms with Crippen LogP contribution in [0.25, 0.3) is 0 Å². The normalized spacial score (nSPS) is 12.6. The van der Waals surface area contributed by atoms with E-state index in [1.807, 2.05) is 0 Å². The van der Waals surface area contributed by atoms with Crippen molar-refractivity contribution in [1.82, 2.24) is 0 Å². The van der Waals surface area contributed by atoms with Crippen molar-refractivity contribution in [2.45, 2.75) is 25.9 Å². The standard InChI is InChI=1S/C10H15P/c1-10(2,3)11-9-7-5-4-6-8-9/h4-8,11H,1-3H3. The predicted molar refractivity (Wildman–Crippen MR) is 54.1 cm³/mol. The van der Waals surface area contributed by atoms with E-state index in [4.69, 9.17) is 0 Å². The fourth-order valence-corrected chi connectivity index (χ4v) is 2.18. The Bertz CT molecular complexity index is 208. The van der Waals surface area contributed by atoms with Gasteiger partial charge in [-0.2, -0.15) is 0 Å². The molecule has 0 N–H and O–H groups in total. The van der Waals surface area contributed by atoms with E-state index >= 15 is 0 Å². The van der Waals surface area contributed by atoms with E-state index < -0.39 is 0 Å². The van der Waals surface area contributed by atoms with E-state index in [2.05, 4.69) is 51.1 Å². The number of rotatable bonds is 1. The first-order valence-electron chi connectivity index (χ1n) is 3.91. The molecule has 1 rings (SSSR count). The molecule has 0 aliphatic rings. The lowest BCUT2D eigenvalue weighted by Gasteiger charge is -2.17. The Hall–Kier alpha value is -0.350. The summed E-state index contributed by atoms with van der Waals surface area (Å²) in [5, 5.41) is 1.89. The van der Waals surface area contributed by atoms with Crippen LogP contribution < -0.4 is 5.30 Å². The van der Waals surface area contributed by atoms with Crippen LogP contribution in [0.5, 0.6) is 0 Å². The monoisotopic (exact) mass is 166 g/mol. The Morgan fingerprint density at radius 2 is 1.55 bits per heavy atom. The van der Waals surface area contributed by atoms with E-state index in [1.54, 1.807) is 0 Å². The molecule has 1 atom stereocenters. The summed E-state index contributed by atoms with van der Waals surface area (Å²) in [7, 11) is 0.914. The Morgan fingerprint density at radius 1 is 1.00 bits per heavy atom. The molecule has 60 valence electrons. The zero-order valence-electron chi connectivity index (χ0n) is 7.39. The van der Waals surface area contributed by atoms with Gasteiger partial charge in [0.15, 0.2) is 0 Å². The summed E-state index contributed by atoms with van der Waals surface area (Å²) in [4.78, 5) is 0. The minimum absolute atomic E-state index is 0.432. The summed E-state index contributed by atoms with van der Waals surface area (Å²) < 4.78 is 0. The molecule has 0 saturated heterocycles. The molecular formula is C10H15P. The van der Waals surface area contributed by atoms with Crippen LogP contribution in [-0.2, 0) is 0 Å². The van der Waals surface area contributed by atoms with Gasteiger partial charge in [-0.1, -0.05) is 59.7 Å². The van der Waals surface area contributed by atoms with E-state index in [-0.39, 0.29) is 0 Å². The molecule has 0 spiro atoms. The van der Waals surface area contributed by atoms with Crippen LogP contribution in [-0.4, -0.2) is 5.16 Å². The van der Waals surface area contributed by atoms with Crippen LogP contribution in [0.1, 0.15) is 20.8 Å². The van der Waals surface area contributed by atoms with E-state index in [1.165, 1.54) is 5.30 Å². The van der Waals surface area contributed by atoms with Crippen molar-refractivity contribution in [3.05, 3.63) is 30.3 Å². The minimum atomic E-state index is 0.432. The summed E-state index contributed by atoms with van der Waals surface area (Å²) in [6.45, 7) is 6.83. The van der Waals surface area contributed by atoms with Gasteiger partial charge in [-0.25, -0.2) is 0 Å². The molecule has 0 heterocycles. The van der Waals surface area contributed by atoms with Gasteiger partial charge in [0.25, 0.3) is 0 Å². The van der Waals surface area contributed by atoms with Crippen molar-refractivity contribution in [2.24, 2.45) is 0 Å². The second-order valence-corrected chi connectivity index (χ2v) is 6.07. The fraction of sp³-hybridized carbons (Fsp3) is 0.400. The van der Waals surface area contributed by atoms with Crippen LogP contribution in [0.4, 0.5) is 0 Å². The molecule has 11 heavy (non-hydrogen) atoms. The SMILES string of the molecule is CC(C)(C)Pc1ccccc1. The molecule has 0 aliphatic carbocycles. The van der Waals surface area contributed by atoms with E-state index in [0.29, 0.717) is 5.16 Å². The van der Waals surface area contributed by atoms with Gasteiger partial charge in [-0.05, 0) is 10.5 Å². The first-order chi connectivity index (χ1) is 5.08. The Labute approximate surface area is 70.8 Å². The lowest BCUT2D eigenvalue weighted by atomic mass is 10.3. The lowest BCUT2D eigenvalue weighted by molar-refractivity contribution is 0.799.